The predicted molar refractivity (Wildman–Crippen MR) is 89.0 cm³/mol. The molecule has 1 aromatic carbocycles. The molecular formula is C17H21F3N4O2. The Morgan fingerprint density at radius 2 is 2.08 bits per heavy atom. The molecule has 1 heterocycles. The van der Waals surface area contributed by atoms with Crippen LogP contribution < -0.4 is 5.32 Å². The molecule has 0 spiro atoms. The van der Waals surface area contributed by atoms with Crippen LogP contribution in [0.1, 0.15) is 32.2 Å². The van der Waals surface area contributed by atoms with Crippen molar-refractivity contribution in [3.63, 3.8) is 0 Å². The van der Waals surface area contributed by atoms with Gasteiger partial charge in [0, 0.05) is 11.6 Å². The van der Waals surface area contributed by atoms with Crippen molar-refractivity contribution in [1.82, 2.24) is 20.4 Å². The fourth-order valence-electron chi connectivity index (χ4n) is 2.31. The standard InChI is InChI=1S/C17H21F3N4O2/c1-4-24(9-14(25)21-11(2)3)10-15-22-16(23-26-15)12-6-5-7-13(8-12)17(18,19)20/h5-8,11H,4,9-10H2,1-3H3,(H,21,25). The van der Waals surface area contributed by atoms with E-state index < -0.39 is 11.7 Å². The van der Waals surface area contributed by atoms with Crippen LogP contribution in [-0.2, 0) is 17.5 Å². The minimum absolute atomic E-state index is 0.0390. The zero-order valence-corrected chi connectivity index (χ0v) is 14.8. The van der Waals surface area contributed by atoms with Crippen molar-refractivity contribution in [3.8, 4) is 11.4 Å². The minimum atomic E-state index is -4.44. The molecule has 0 unspecified atom stereocenters. The molecule has 142 valence electrons. The van der Waals surface area contributed by atoms with Gasteiger partial charge in [-0.25, -0.2) is 0 Å². The van der Waals surface area contributed by atoms with Crippen LogP contribution in [-0.4, -0.2) is 40.1 Å². The number of alkyl halides is 3. The first kappa shape index (κ1) is 19.9. The molecule has 0 fully saturated rings. The van der Waals surface area contributed by atoms with Gasteiger partial charge in [0.05, 0.1) is 18.7 Å². The topological polar surface area (TPSA) is 71.3 Å². The van der Waals surface area contributed by atoms with E-state index in [4.69, 9.17) is 4.52 Å². The van der Waals surface area contributed by atoms with Crippen molar-refractivity contribution in [2.75, 3.05) is 13.1 Å². The fraction of sp³-hybridized carbons (Fsp3) is 0.471. The molecule has 6 nitrogen and oxygen atoms in total. The second kappa shape index (κ2) is 8.31. The minimum Gasteiger partial charge on any atom is -0.353 e. The van der Waals surface area contributed by atoms with Crippen molar-refractivity contribution in [3.05, 3.63) is 35.7 Å². The van der Waals surface area contributed by atoms with Crippen molar-refractivity contribution in [2.45, 2.75) is 39.5 Å². The largest absolute Gasteiger partial charge is 0.416 e. The summed E-state index contributed by atoms with van der Waals surface area (Å²) in [5.74, 6) is 0.185. The Kier molecular flexibility index (Phi) is 6.36. The Bertz CT molecular complexity index is 744. The SMILES string of the molecule is CCN(CC(=O)NC(C)C)Cc1nc(-c2cccc(C(F)(F)F)c2)no1. The van der Waals surface area contributed by atoms with Crippen molar-refractivity contribution in [2.24, 2.45) is 0 Å². The molecule has 1 N–H and O–H groups in total. The van der Waals surface area contributed by atoms with Crippen LogP contribution in [0.4, 0.5) is 13.2 Å². The van der Waals surface area contributed by atoms with Gasteiger partial charge in [-0.3, -0.25) is 9.69 Å². The number of hydrogen-bond acceptors (Lipinski definition) is 5. The molecule has 26 heavy (non-hydrogen) atoms. The molecule has 0 aliphatic rings. The lowest BCUT2D eigenvalue weighted by Gasteiger charge is -2.18. The molecule has 2 rings (SSSR count). The van der Waals surface area contributed by atoms with Crippen LogP contribution in [0, 0.1) is 0 Å². The number of nitrogens with one attached hydrogen (secondary N) is 1. The summed E-state index contributed by atoms with van der Waals surface area (Å²) in [7, 11) is 0. The van der Waals surface area contributed by atoms with E-state index in [-0.39, 0.29) is 42.3 Å². The van der Waals surface area contributed by atoms with Crippen LogP contribution in [0.3, 0.4) is 0 Å². The number of likely N-dealkylation sites (N-methyl/N-ethyl adjacent to an activating group) is 1. The third-order valence-electron chi connectivity index (χ3n) is 3.54. The summed E-state index contributed by atoms with van der Waals surface area (Å²) in [5.41, 5.74) is -0.558. The first-order valence-corrected chi connectivity index (χ1v) is 8.21. The van der Waals surface area contributed by atoms with Gasteiger partial charge in [-0.15, -0.1) is 0 Å². The van der Waals surface area contributed by atoms with Gasteiger partial charge < -0.3 is 9.84 Å². The highest BCUT2D eigenvalue weighted by Gasteiger charge is 2.30. The lowest BCUT2D eigenvalue weighted by molar-refractivity contribution is -0.137. The maximum atomic E-state index is 12.8. The molecule has 0 atom stereocenters. The Morgan fingerprint density at radius 1 is 1.35 bits per heavy atom. The molecule has 0 radical (unpaired) electrons. The van der Waals surface area contributed by atoms with E-state index in [1.165, 1.54) is 12.1 Å². The Hall–Kier alpha value is -2.42. The molecule has 1 amide bonds. The number of amides is 1. The molecule has 0 aliphatic heterocycles. The average Bonchev–Trinajstić information content (AvgIpc) is 3.01. The second-order valence-electron chi connectivity index (χ2n) is 6.12. The van der Waals surface area contributed by atoms with Crippen molar-refractivity contribution in [1.29, 1.82) is 0 Å². The van der Waals surface area contributed by atoms with E-state index in [1.807, 2.05) is 20.8 Å². The van der Waals surface area contributed by atoms with Gasteiger partial charge in [0.25, 0.3) is 0 Å². The number of hydrogen-bond donors (Lipinski definition) is 1. The number of benzene rings is 1. The number of aromatic nitrogens is 2. The molecule has 9 heteroatoms. The highest BCUT2D eigenvalue weighted by molar-refractivity contribution is 5.78. The molecule has 0 saturated heterocycles. The van der Waals surface area contributed by atoms with Gasteiger partial charge in [0.15, 0.2) is 0 Å². The quantitative estimate of drug-likeness (QED) is 0.811. The Balaban J connectivity index is 2.08. The number of carbonyl (C=O) groups excluding carboxylic acids is 1. The van der Waals surface area contributed by atoms with E-state index in [1.54, 1.807) is 4.90 Å². The van der Waals surface area contributed by atoms with Crippen molar-refractivity contribution < 1.29 is 22.5 Å². The molecular weight excluding hydrogens is 349 g/mol. The van der Waals surface area contributed by atoms with E-state index in [2.05, 4.69) is 15.5 Å². The van der Waals surface area contributed by atoms with Gasteiger partial charge in [0.2, 0.25) is 17.6 Å². The van der Waals surface area contributed by atoms with Gasteiger partial charge in [-0.2, -0.15) is 18.2 Å². The van der Waals surface area contributed by atoms with Crippen molar-refractivity contribution >= 4 is 5.91 Å². The first-order chi connectivity index (χ1) is 12.2. The zero-order chi connectivity index (χ0) is 19.3. The van der Waals surface area contributed by atoms with Crippen LogP contribution in [0.15, 0.2) is 28.8 Å². The van der Waals surface area contributed by atoms with Gasteiger partial charge >= 0.3 is 6.18 Å². The predicted octanol–water partition coefficient (Wildman–Crippen LogP) is 3.10. The van der Waals surface area contributed by atoms with E-state index in [9.17, 15) is 18.0 Å². The number of halogens is 3. The van der Waals surface area contributed by atoms with Crippen LogP contribution >= 0.6 is 0 Å². The maximum absolute atomic E-state index is 12.8. The lowest BCUT2D eigenvalue weighted by atomic mass is 10.1. The monoisotopic (exact) mass is 370 g/mol. The summed E-state index contributed by atoms with van der Waals surface area (Å²) in [6, 6.07) is 4.77. The molecule has 0 bridgehead atoms. The highest BCUT2D eigenvalue weighted by Crippen LogP contribution is 2.31. The summed E-state index contributed by atoms with van der Waals surface area (Å²) < 4.78 is 43.6. The normalized spacial score (nSPS) is 12.0. The highest BCUT2D eigenvalue weighted by atomic mass is 19.4. The van der Waals surface area contributed by atoms with Gasteiger partial charge in [0.1, 0.15) is 0 Å². The Morgan fingerprint density at radius 3 is 2.69 bits per heavy atom. The first-order valence-electron chi connectivity index (χ1n) is 8.21. The summed E-state index contributed by atoms with van der Waals surface area (Å²) in [5, 5.41) is 6.53. The van der Waals surface area contributed by atoms with Crippen LogP contribution in [0.2, 0.25) is 0 Å². The summed E-state index contributed by atoms with van der Waals surface area (Å²) in [4.78, 5) is 17.8. The van der Waals surface area contributed by atoms with E-state index >= 15 is 0 Å². The average molecular weight is 370 g/mol. The third-order valence-corrected chi connectivity index (χ3v) is 3.54. The number of carbonyl (C=O) groups is 1. The third kappa shape index (κ3) is 5.55. The van der Waals surface area contributed by atoms with E-state index in [0.717, 1.165) is 12.1 Å². The number of nitrogens with zero attached hydrogens (tertiary/aromatic N) is 3. The summed E-state index contributed by atoms with van der Waals surface area (Å²) in [6.07, 6.45) is -4.44. The Labute approximate surface area is 149 Å². The fourth-order valence-corrected chi connectivity index (χ4v) is 2.31. The summed E-state index contributed by atoms with van der Waals surface area (Å²) in [6.45, 7) is 6.59. The molecule has 2 aromatic rings. The van der Waals surface area contributed by atoms with Gasteiger partial charge in [-0.05, 0) is 32.5 Å². The lowest BCUT2D eigenvalue weighted by Crippen LogP contribution is -2.39. The molecule has 1 aromatic heterocycles. The molecule has 0 saturated carbocycles. The smallest absolute Gasteiger partial charge is 0.353 e. The van der Waals surface area contributed by atoms with Gasteiger partial charge in [-0.1, -0.05) is 24.2 Å². The van der Waals surface area contributed by atoms with E-state index in [0.29, 0.717) is 6.54 Å². The summed E-state index contributed by atoms with van der Waals surface area (Å²) >= 11 is 0. The molecule has 0 aliphatic carbocycles. The van der Waals surface area contributed by atoms with Crippen LogP contribution in [0.25, 0.3) is 11.4 Å². The number of rotatable bonds is 7. The van der Waals surface area contributed by atoms with Crippen LogP contribution in [0.5, 0.6) is 0 Å². The maximum Gasteiger partial charge on any atom is 0.416 e. The second-order valence-corrected chi connectivity index (χ2v) is 6.12. The zero-order valence-electron chi connectivity index (χ0n) is 14.8.